The minimum atomic E-state index is 0.0256. The molecule has 108 valence electrons. The normalized spacial score (nSPS) is 10.8. The summed E-state index contributed by atoms with van der Waals surface area (Å²) in [6.07, 6.45) is 4.27. The number of para-hydroxylation sites is 1. The number of rotatable bonds is 5. The van der Waals surface area contributed by atoms with Gasteiger partial charge in [0, 0.05) is 23.5 Å². The zero-order valence-electron chi connectivity index (χ0n) is 12.8. The molecule has 0 saturated carbocycles. The van der Waals surface area contributed by atoms with Crippen molar-refractivity contribution in [1.82, 2.24) is 0 Å². The van der Waals surface area contributed by atoms with E-state index in [9.17, 15) is 4.79 Å². The highest BCUT2D eigenvalue weighted by molar-refractivity contribution is 6.05. The van der Waals surface area contributed by atoms with E-state index in [4.69, 9.17) is 0 Å². The molecular formula is C19H21NO. The molecule has 0 aliphatic rings. The molecule has 0 fully saturated rings. The first-order valence-corrected chi connectivity index (χ1v) is 7.24. The van der Waals surface area contributed by atoms with Crippen LogP contribution in [0.1, 0.15) is 34.0 Å². The summed E-state index contributed by atoms with van der Waals surface area (Å²) in [6, 6.07) is 14.1. The van der Waals surface area contributed by atoms with Crippen LogP contribution in [0.5, 0.6) is 0 Å². The number of hydrogen-bond donors (Lipinski definition) is 1. The van der Waals surface area contributed by atoms with Crippen molar-refractivity contribution in [2.24, 2.45) is 0 Å². The molecule has 2 aromatic carbocycles. The Hall–Kier alpha value is -2.35. The van der Waals surface area contributed by atoms with Crippen LogP contribution < -0.4 is 5.32 Å². The van der Waals surface area contributed by atoms with E-state index >= 15 is 0 Å². The topological polar surface area (TPSA) is 29.1 Å². The van der Waals surface area contributed by atoms with Crippen LogP contribution in [-0.4, -0.2) is 5.78 Å². The zero-order chi connectivity index (χ0) is 15.2. The fourth-order valence-corrected chi connectivity index (χ4v) is 2.27. The minimum Gasteiger partial charge on any atom is -0.361 e. The van der Waals surface area contributed by atoms with Gasteiger partial charge in [0.2, 0.25) is 0 Å². The van der Waals surface area contributed by atoms with Crippen molar-refractivity contribution in [2.45, 2.75) is 27.2 Å². The fourth-order valence-electron chi connectivity index (χ4n) is 2.27. The molecule has 0 saturated heterocycles. The Morgan fingerprint density at radius 1 is 1.14 bits per heavy atom. The van der Waals surface area contributed by atoms with E-state index < -0.39 is 0 Å². The lowest BCUT2D eigenvalue weighted by atomic mass is 10.0. The Bertz CT molecular complexity index is 671. The monoisotopic (exact) mass is 279 g/mol. The first-order valence-electron chi connectivity index (χ1n) is 7.24. The van der Waals surface area contributed by atoms with Crippen LogP contribution >= 0.6 is 0 Å². The number of benzene rings is 2. The van der Waals surface area contributed by atoms with Crippen LogP contribution in [0.2, 0.25) is 0 Å². The molecule has 2 aromatic rings. The summed E-state index contributed by atoms with van der Waals surface area (Å²) in [6.45, 7) is 6.07. The molecule has 0 amide bonds. The van der Waals surface area contributed by atoms with Gasteiger partial charge in [0.25, 0.3) is 0 Å². The van der Waals surface area contributed by atoms with Crippen LogP contribution in [-0.2, 0) is 6.42 Å². The first-order chi connectivity index (χ1) is 10.1. The Kier molecular flexibility index (Phi) is 4.94. The lowest BCUT2D eigenvalue weighted by molar-refractivity contribution is 0.104. The predicted octanol–water partition coefficient (Wildman–Crippen LogP) is 4.67. The molecule has 0 bridgehead atoms. The summed E-state index contributed by atoms with van der Waals surface area (Å²) in [5.41, 5.74) is 5.15. The molecule has 0 heterocycles. The van der Waals surface area contributed by atoms with E-state index in [2.05, 4.69) is 18.3 Å². The van der Waals surface area contributed by atoms with E-state index in [1.165, 1.54) is 5.56 Å². The van der Waals surface area contributed by atoms with E-state index in [0.29, 0.717) is 0 Å². The second-order valence-corrected chi connectivity index (χ2v) is 5.17. The van der Waals surface area contributed by atoms with Crippen LogP contribution in [0.25, 0.3) is 0 Å². The van der Waals surface area contributed by atoms with Gasteiger partial charge in [0.05, 0.1) is 0 Å². The summed E-state index contributed by atoms with van der Waals surface area (Å²) < 4.78 is 0. The summed E-state index contributed by atoms with van der Waals surface area (Å²) >= 11 is 0. The maximum Gasteiger partial charge on any atom is 0.187 e. The molecule has 2 nitrogen and oxygen atoms in total. The number of allylic oxidation sites excluding steroid dienone is 1. The van der Waals surface area contributed by atoms with Crippen molar-refractivity contribution < 1.29 is 4.79 Å². The molecule has 0 atom stereocenters. The number of aryl methyl sites for hydroxylation is 3. The van der Waals surface area contributed by atoms with Crippen LogP contribution in [0, 0.1) is 13.8 Å². The summed E-state index contributed by atoms with van der Waals surface area (Å²) in [5.74, 6) is 0.0256. The number of carbonyl (C=O) groups is 1. The summed E-state index contributed by atoms with van der Waals surface area (Å²) in [4.78, 5) is 12.2. The smallest absolute Gasteiger partial charge is 0.187 e. The van der Waals surface area contributed by atoms with Crippen molar-refractivity contribution in [3.63, 3.8) is 0 Å². The third-order valence-electron chi connectivity index (χ3n) is 3.53. The Morgan fingerprint density at radius 2 is 1.90 bits per heavy atom. The molecule has 2 rings (SSSR count). The van der Waals surface area contributed by atoms with Crippen LogP contribution in [0.4, 0.5) is 5.69 Å². The standard InChI is InChI=1S/C19H21NO/c1-4-16-7-5-6-8-18(16)20-12-11-19(21)17-13-14(2)9-10-15(17)3/h5-13,20H,4H2,1-3H3/b12-11+. The highest BCUT2D eigenvalue weighted by Gasteiger charge is 2.05. The fraction of sp³-hybridized carbons (Fsp3) is 0.211. The van der Waals surface area contributed by atoms with Gasteiger partial charge < -0.3 is 5.32 Å². The van der Waals surface area contributed by atoms with E-state index in [1.54, 1.807) is 12.3 Å². The summed E-state index contributed by atoms with van der Waals surface area (Å²) in [5, 5.41) is 3.20. The molecule has 0 radical (unpaired) electrons. The van der Waals surface area contributed by atoms with Gasteiger partial charge in [-0.3, -0.25) is 4.79 Å². The summed E-state index contributed by atoms with van der Waals surface area (Å²) in [7, 11) is 0. The lowest BCUT2D eigenvalue weighted by Gasteiger charge is -2.07. The van der Waals surface area contributed by atoms with Crippen molar-refractivity contribution in [3.05, 3.63) is 77.0 Å². The van der Waals surface area contributed by atoms with E-state index in [0.717, 1.165) is 28.8 Å². The van der Waals surface area contributed by atoms with Gasteiger partial charge in [0.15, 0.2) is 5.78 Å². The third-order valence-corrected chi connectivity index (χ3v) is 3.53. The van der Waals surface area contributed by atoms with Crippen LogP contribution in [0.15, 0.2) is 54.7 Å². The number of hydrogen-bond acceptors (Lipinski definition) is 2. The molecule has 21 heavy (non-hydrogen) atoms. The van der Waals surface area contributed by atoms with Gasteiger partial charge in [-0.2, -0.15) is 0 Å². The number of carbonyl (C=O) groups excluding carboxylic acids is 1. The molecular weight excluding hydrogens is 258 g/mol. The van der Waals surface area contributed by atoms with Gasteiger partial charge in [0.1, 0.15) is 0 Å². The predicted molar refractivity (Wildman–Crippen MR) is 88.8 cm³/mol. The second-order valence-electron chi connectivity index (χ2n) is 5.17. The van der Waals surface area contributed by atoms with Crippen molar-refractivity contribution >= 4 is 11.5 Å². The SMILES string of the molecule is CCc1ccccc1N/C=C/C(=O)c1cc(C)ccc1C. The Labute approximate surface area is 126 Å². The van der Waals surface area contributed by atoms with Crippen molar-refractivity contribution in [1.29, 1.82) is 0 Å². The average Bonchev–Trinajstić information content (AvgIpc) is 2.50. The largest absolute Gasteiger partial charge is 0.361 e. The zero-order valence-corrected chi connectivity index (χ0v) is 12.8. The number of anilines is 1. The van der Waals surface area contributed by atoms with Gasteiger partial charge in [-0.25, -0.2) is 0 Å². The van der Waals surface area contributed by atoms with Gasteiger partial charge in [-0.15, -0.1) is 0 Å². The molecule has 0 aliphatic carbocycles. The van der Waals surface area contributed by atoms with E-state index in [-0.39, 0.29) is 5.78 Å². The van der Waals surface area contributed by atoms with Gasteiger partial charge in [-0.05, 0) is 43.5 Å². The Balaban J connectivity index is 2.11. The highest BCUT2D eigenvalue weighted by Crippen LogP contribution is 2.16. The maximum absolute atomic E-state index is 12.2. The van der Waals surface area contributed by atoms with Crippen LogP contribution in [0.3, 0.4) is 0 Å². The number of nitrogens with one attached hydrogen (secondary N) is 1. The van der Waals surface area contributed by atoms with Gasteiger partial charge >= 0.3 is 0 Å². The van der Waals surface area contributed by atoms with E-state index in [1.807, 2.05) is 50.2 Å². The highest BCUT2D eigenvalue weighted by atomic mass is 16.1. The second kappa shape index (κ2) is 6.89. The number of ketones is 1. The van der Waals surface area contributed by atoms with Crippen molar-refractivity contribution in [3.8, 4) is 0 Å². The minimum absolute atomic E-state index is 0.0256. The maximum atomic E-state index is 12.2. The molecule has 0 aliphatic heterocycles. The van der Waals surface area contributed by atoms with Crippen molar-refractivity contribution in [2.75, 3.05) is 5.32 Å². The molecule has 0 spiro atoms. The molecule has 1 N–H and O–H groups in total. The third kappa shape index (κ3) is 3.82. The first kappa shape index (κ1) is 15.0. The molecule has 0 unspecified atom stereocenters. The lowest BCUT2D eigenvalue weighted by Crippen LogP contribution is -2.00. The Morgan fingerprint density at radius 3 is 2.67 bits per heavy atom. The average molecular weight is 279 g/mol. The molecule has 0 aromatic heterocycles. The van der Waals surface area contributed by atoms with Gasteiger partial charge in [-0.1, -0.05) is 42.8 Å². The quantitative estimate of drug-likeness (QED) is 0.636. The molecule has 2 heteroatoms.